The van der Waals surface area contributed by atoms with Crippen molar-refractivity contribution >= 4 is 12.0 Å². The number of carbonyl (C=O) groups excluding carboxylic acids is 2. The molecule has 0 spiro atoms. The van der Waals surface area contributed by atoms with Crippen molar-refractivity contribution in [2.45, 2.75) is 31.8 Å². The number of H-pyrrole nitrogens is 1. The average Bonchev–Trinajstić information content (AvgIpc) is 3.14. The summed E-state index contributed by atoms with van der Waals surface area (Å²) in [5, 5.41) is 2.50. The summed E-state index contributed by atoms with van der Waals surface area (Å²) in [4.78, 5) is 33.0. The summed E-state index contributed by atoms with van der Waals surface area (Å²) in [6, 6.07) is 3.07. The molecule has 0 bridgehead atoms. The second kappa shape index (κ2) is 8.02. The summed E-state index contributed by atoms with van der Waals surface area (Å²) in [6.45, 7) is 1.64. The minimum Gasteiger partial charge on any atom is -0.467 e. The highest BCUT2D eigenvalue weighted by Crippen LogP contribution is 2.39. The summed E-state index contributed by atoms with van der Waals surface area (Å²) >= 11 is 0. The maximum absolute atomic E-state index is 12.9. The van der Waals surface area contributed by atoms with Crippen molar-refractivity contribution < 1.29 is 32.2 Å². The van der Waals surface area contributed by atoms with Gasteiger partial charge in [0.2, 0.25) is 0 Å². The monoisotopic (exact) mass is 412 g/mol. The lowest BCUT2D eigenvalue weighted by Gasteiger charge is -2.36. The van der Waals surface area contributed by atoms with Crippen LogP contribution in [0.5, 0.6) is 5.75 Å². The number of aromatic nitrogens is 2. The molecule has 8 nitrogen and oxygen atoms in total. The summed E-state index contributed by atoms with van der Waals surface area (Å²) in [6.07, 6.45) is -3.05. The highest BCUT2D eigenvalue weighted by molar-refractivity contribution is 5.83. The quantitative estimate of drug-likeness (QED) is 0.753. The third-order valence-electron chi connectivity index (χ3n) is 4.52. The van der Waals surface area contributed by atoms with Gasteiger partial charge in [-0.3, -0.25) is 0 Å². The van der Waals surface area contributed by atoms with Crippen LogP contribution < -0.4 is 10.1 Å². The number of fused-ring (bicyclic) bond motifs is 1. The lowest BCUT2D eigenvalue weighted by molar-refractivity contribution is -0.275. The van der Waals surface area contributed by atoms with Gasteiger partial charge in [0.15, 0.2) is 0 Å². The van der Waals surface area contributed by atoms with Gasteiger partial charge in [-0.2, -0.15) is 0 Å². The number of nitrogens with one attached hydrogen (secondary N) is 2. The number of benzene rings is 1. The highest BCUT2D eigenvalue weighted by Gasteiger charge is 2.39. The number of rotatable bonds is 4. The maximum Gasteiger partial charge on any atom is 0.573 e. The number of amides is 2. The molecule has 2 aromatic rings. The van der Waals surface area contributed by atoms with Gasteiger partial charge in [0, 0.05) is 24.2 Å². The Morgan fingerprint density at radius 1 is 1.34 bits per heavy atom. The number of ether oxygens (including phenoxy) is 2. The summed E-state index contributed by atoms with van der Waals surface area (Å²) in [7, 11) is 1.19. The molecule has 11 heteroatoms. The zero-order valence-electron chi connectivity index (χ0n) is 15.6. The topological polar surface area (TPSA) is 96.6 Å². The van der Waals surface area contributed by atoms with Gasteiger partial charge >= 0.3 is 18.4 Å². The van der Waals surface area contributed by atoms with Crippen LogP contribution in [0.15, 0.2) is 30.6 Å². The number of methoxy groups -OCH3 is 1. The van der Waals surface area contributed by atoms with E-state index in [0.29, 0.717) is 17.8 Å². The van der Waals surface area contributed by atoms with E-state index in [1.807, 2.05) is 0 Å². The fourth-order valence-corrected chi connectivity index (χ4v) is 3.24. The van der Waals surface area contributed by atoms with Crippen molar-refractivity contribution in [2.75, 3.05) is 13.7 Å². The molecule has 2 atom stereocenters. The molecule has 0 saturated heterocycles. The molecule has 0 aliphatic carbocycles. The van der Waals surface area contributed by atoms with Crippen LogP contribution >= 0.6 is 0 Å². The standard InChI is InChI=1S/C18H19F3N4O4/c1-10(16(26)28-2)24-17(27)25-8-7-12-14(23-9-22-12)15(25)11-5-3-4-6-13(11)29-18(19,20)21/h3-6,9-10,15H,7-8H2,1-2H3,(H,22,23)(H,24,27)/t10-,15?/m0/s1. The smallest absolute Gasteiger partial charge is 0.467 e. The summed E-state index contributed by atoms with van der Waals surface area (Å²) in [5.41, 5.74) is 1.25. The van der Waals surface area contributed by atoms with Gasteiger partial charge in [0.25, 0.3) is 0 Å². The molecule has 1 unspecified atom stereocenters. The van der Waals surface area contributed by atoms with Crippen LogP contribution in [0.4, 0.5) is 18.0 Å². The van der Waals surface area contributed by atoms with Gasteiger partial charge in [0.05, 0.1) is 19.1 Å². The van der Waals surface area contributed by atoms with E-state index in [1.54, 1.807) is 6.07 Å². The predicted molar refractivity (Wildman–Crippen MR) is 94.0 cm³/mol. The molecule has 156 valence electrons. The number of hydrogen-bond acceptors (Lipinski definition) is 5. The normalized spacial score (nSPS) is 17.3. The Hall–Kier alpha value is -3.24. The number of halogens is 3. The van der Waals surface area contributed by atoms with E-state index in [-0.39, 0.29) is 12.1 Å². The van der Waals surface area contributed by atoms with Gasteiger partial charge in [0.1, 0.15) is 17.8 Å². The van der Waals surface area contributed by atoms with Crippen molar-refractivity contribution in [1.82, 2.24) is 20.2 Å². The maximum atomic E-state index is 12.9. The van der Waals surface area contributed by atoms with Gasteiger partial charge in [-0.1, -0.05) is 18.2 Å². The molecule has 2 heterocycles. The fourth-order valence-electron chi connectivity index (χ4n) is 3.24. The van der Waals surface area contributed by atoms with E-state index < -0.39 is 36.2 Å². The van der Waals surface area contributed by atoms with E-state index in [4.69, 9.17) is 0 Å². The van der Waals surface area contributed by atoms with Crippen LogP contribution in [-0.4, -0.2) is 52.9 Å². The number of hydrogen-bond donors (Lipinski definition) is 2. The third-order valence-corrected chi connectivity index (χ3v) is 4.52. The Morgan fingerprint density at radius 3 is 2.76 bits per heavy atom. The Balaban J connectivity index is 1.99. The zero-order valence-corrected chi connectivity index (χ0v) is 15.6. The van der Waals surface area contributed by atoms with Crippen LogP contribution in [0.1, 0.15) is 29.9 Å². The first kappa shape index (κ1) is 20.5. The van der Waals surface area contributed by atoms with Gasteiger partial charge in [-0.15, -0.1) is 13.2 Å². The Morgan fingerprint density at radius 2 is 2.07 bits per heavy atom. The minimum atomic E-state index is -4.90. The first-order valence-electron chi connectivity index (χ1n) is 8.73. The zero-order chi connectivity index (χ0) is 21.2. The molecule has 1 aliphatic heterocycles. The SMILES string of the molecule is COC(=O)[C@H](C)NC(=O)N1CCc2[nH]cnc2C1c1ccccc1OC(F)(F)F. The number of alkyl halides is 3. The summed E-state index contributed by atoms with van der Waals surface area (Å²) in [5.74, 6) is -1.08. The van der Waals surface area contributed by atoms with Crippen LogP contribution in [-0.2, 0) is 16.0 Å². The fraction of sp³-hybridized carbons (Fsp3) is 0.389. The number of aromatic amines is 1. The molecule has 0 saturated carbocycles. The van der Waals surface area contributed by atoms with Crippen molar-refractivity contribution in [1.29, 1.82) is 0 Å². The Kier molecular flexibility index (Phi) is 5.66. The van der Waals surface area contributed by atoms with Crippen LogP contribution in [0.25, 0.3) is 0 Å². The van der Waals surface area contributed by atoms with E-state index in [9.17, 15) is 22.8 Å². The molecule has 0 fully saturated rings. The van der Waals surface area contributed by atoms with Gasteiger partial charge in [-0.05, 0) is 13.0 Å². The van der Waals surface area contributed by atoms with Crippen LogP contribution in [0.2, 0.25) is 0 Å². The second-order valence-electron chi connectivity index (χ2n) is 6.39. The number of carbonyl (C=O) groups is 2. The number of esters is 1. The van der Waals surface area contributed by atoms with Crippen LogP contribution in [0.3, 0.4) is 0 Å². The number of para-hydroxylation sites is 1. The first-order chi connectivity index (χ1) is 13.7. The molecular weight excluding hydrogens is 393 g/mol. The Bertz CT molecular complexity index is 899. The van der Waals surface area contributed by atoms with Crippen LogP contribution in [0, 0.1) is 0 Å². The molecule has 1 aromatic carbocycles. The summed E-state index contributed by atoms with van der Waals surface area (Å²) < 4.78 is 47.4. The number of imidazole rings is 1. The highest BCUT2D eigenvalue weighted by atomic mass is 19.4. The van der Waals surface area contributed by atoms with Gasteiger partial charge in [-0.25, -0.2) is 14.6 Å². The minimum absolute atomic E-state index is 0.124. The van der Waals surface area contributed by atoms with Gasteiger partial charge < -0.3 is 24.7 Å². The van der Waals surface area contributed by atoms with E-state index in [1.165, 1.54) is 43.5 Å². The van der Waals surface area contributed by atoms with Crippen molar-refractivity contribution in [3.8, 4) is 5.75 Å². The third kappa shape index (κ3) is 4.44. The molecule has 3 rings (SSSR count). The Labute approximate surface area is 164 Å². The average molecular weight is 412 g/mol. The largest absolute Gasteiger partial charge is 0.573 e. The molecule has 29 heavy (non-hydrogen) atoms. The van der Waals surface area contributed by atoms with Crippen molar-refractivity contribution in [3.05, 3.63) is 47.5 Å². The molecular formula is C18H19F3N4O4. The lowest BCUT2D eigenvalue weighted by atomic mass is 9.95. The number of urea groups is 1. The number of nitrogens with zero attached hydrogens (tertiary/aromatic N) is 2. The van der Waals surface area contributed by atoms with E-state index >= 15 is 0 Å². The first-order valence-corrected chi connectivity index (χ1v) is 8.73. The molecule has 1 aliphatic rings. The van der Waals surface area contributed by atoms with E-state index in [2.05, 4.69) is 24.8 Å². The van der Waals surface area contributed by atoms with Crippen molar-refractivity contribution in [3.63, 3.8) is 0 Å². The lowest BCUT2D eigenvalue weighted by Crippen LogP contribution is -2.50. The molecule has 1 aromatic heterocycles. The predicted octanol–water partition coefficient (Wildman–Crippen LogP) is 2.53. The molecule has 2 N–H and O–H groups in total. The van der Waals surface area contributed by atoms with Crippen molar-refractivity contribution in [2.24, 2.45) is 0 Å². The van der Waals surface area contributed by atoms with E-state index in [0.717, 1.165) is 0 Å². The second-order valence-corrected chi connectivity index (χ2v) is 6.39. The molecule has 0 radical (unpaired) electrons. The molecule has 2 amide bonds.